The zero-order valence-corrected chi connectivity index (χ0v) is 7.53. The molecule has 0 aliphatic heterocycles. The van der Waals surface area contributed by atoms with Gasteiger partial charge in [-0.15, -0.1) is 0 Å². The fraction of sp³-hybridized carbons (Fsp3) is 0.100. The lowest BCUT2D eigenvalue weighted by molar-refractivity contribution is 0.250. The van der Waals surface area contributed by atoms with Crippen LogP contribution in [0.15, 0.2) is 43.1 Å². The lowest BCUT2D eigenvalue weighted by Crippen LogP contribution is -2.33. The molecule has 0 aliphatic carbocycles. The highest BCUT2D eigenvalue weighted by Gasteiger charge is 2.06. The molecule has 0 spiro atoms. The number of carbonyl (C=O) groups excluding carboxylic acids is 1. The van der Waals surface area contributed by atoms with Crippen molar-refractivity contribution in [1.82, 2.24) is 5.32 Å². The van der Waals surface area contributed by atoms with Gasteiger partial charge in [0.05, 0.1) is 0 Å². The van der Waals surface area contributed by atoms with Gasteiger partial charge >= 0.3 is 6.03 Å². The Hall–Kier alpha value is -1.77. The Morgan fingerprint density at radius 2 is 2.08 bits per heavy atom. The minimum Gasteiger partial charge on any atom is -0.315 e. The summed E-state index contributed by atoms with van der Waals surface area (Å²) in [5.41, 5.74) is 0.849. The number of nitrogens with zero attached hydrogens (tertiary/aromatic N) is 1. The lowest BCUT2D eigenvalue weighted by atomic mass is 10.3. The predicted octanol–water partition coefficient (Wildman–Crippen LogP) is 1.98. The van der Waals surface area contributed by atoms with Crippen LogP contribution in [0.4, 0.5) is 10.5 Å². The molecular weight excluding hydrogens is 164 g/mol. The summed E-state index contributed by atoms with van der Waals surface area (Å²) >= 11 is 0. The summed E-state index contributed by atoms with van der Waals surface area (Å²) in [6, 6.07) is 9.20. The first-order chi connectivity index (χ1) is 6.25. The topological polar surface area (TPSA) is 32.3 Å². The van der Waals surface area contributed by atoms with Gasteiger partial charge in [0.1, 0.15) is 0 Å². The molecule has 0 bridgehead atoms. The summed E-state index contributed by atoms with van der Waals surface area (Å²) < 4.78 is 0. The molecule has 0 atom stereocenters. The Balaban J connectivity index is 2.73. The van der Waals surface area contributed by atoms with E-state index in [4.69, 9.17) is 0 Å². The predicted molar refractivity (Wildman–Crippen MR) is 53.6 cm³/mol. The molecular formula is C10H12N2O. The smallest absolute Gasteiger partial charge is 0.315 e. The zero-order chi connectivity index (χ0) is 9.68. The molecule has 3 heteroatoms. The highest BCUT2D eigenvalue weighted by Crippen LogP contribution is 2.10. The number of carbonyl (C=O) groups is 1. The molecule has 0 aliphatic rings. The first-order valence-electron chi connectivity index (χ1n) is 3.96. The van der Waals surface area contributed by atoms with Crippen LogP contribution in [0.5, 0.6) is 0 Å². The van der Waals surface area contributed by atoms with Gasteiger partial charge in [-0.3, -0.25) is 4.90 Å². The number of hydrogen-bond donors (Lipinski definition) is 1. The fourth-order valence-corrected chi connectivity index (χ4v) is 0.953. The van der Waals surface area contributed by atoms with E-state index in [0.717, 1.165) is 5.69 Å². The number of hydrogen-bond acceptors (Lipinski definition) is 1. The standard InChI is InChI=1S/C10H12N2O/c1-3-11-10(13)12(2)9-7-5-4-6-8-9/h3-8H,1H2,2H3,(H,11,13). The summed E-state index contributed by atoms with van der Waals surface area (Å²) in [5, 5.41) is 2.49. The maximum absolute atomic E-state index is 11.3. The van der Waals surface area contributed by atoms with Crippen LogP contribution in [0, 0.1) is 0 Å². The van der Waals surface area contributed by atoms with Crippen molar-refractivity contribution in [3.8, 4) is 0 Å². The van der Waals surface area contributed by atoms with Crippen molar-refractivity contribution < 1.29 is 4.79 Å². The van der Waals surface area contributed by atoms with Gasteiger partial charge in [-0.25, -0.2) is 4.79 Å². The van der Waals surface area contributed by atoms with Crippen LogP contribution in [0.2, 0.25) is 0 Å². The van der Waals surface area contributed by atoms with E-state index in [1.807, 2.05) is 30.3 Å². The van der Waals surface area contributed by atoms with Crippen LogP contribution in [0.1, 0.15) is 0 Å². The molecule has 1 aromatic carbocycles. The summed E-state index contributed by atoms with van der Waals surface area (Å²) in [5.74, 6) is 0. The third-order valence-corrected chi connectivity index (χ3v) is 1.67. The highest BCUT2D eigenvalue weighted by molar-refractivity contribution is 5.91. The van der Waals surface area contributed by atoms with E-state index in [-0.39, 0.29) is 6.03 Å². The minimum atomic E-state index is -0.193. The molecule has 0 unspecified atom stereocenters. The van der Waals surface area contributed by atoms with E-state index < -0.39 is 0 Å². The molecule has 1 N–H and O–H groups in total. The molecule has 0 saturated carbocycles. The Morgan fingerprint density at radius 3 is 2.62 bits per heavy atom. The third kappa shape index (κ3) is 2.33. The Morgan fingerprint density at radius 1 is 1.46 bits per heavy atom. The first-order valence-corrected chi connectivity index (χ1v) is 3.96. The Kier molecular flexibility index (Phi) is 3.09. The zero-order valence-electron chi connectivity index (χ0n) is 7.53. The molecule has 13 heavy (non-hydrogen) atoms. The molecule has 0 radical (unpaired) electrons. The van der Waals surface area contributed by atoms with Crippen molar-refractivity contribution in [2.75, 3.05) is 11.9 Å². The summed E-state index contributed by atoms with van der Waals surface area (Å²) in [4.78, 5) is 12.8. The van der Waals surface area contributed by atoms with Crippen molar-refractivity contribution >= 4 is 11.7 Å². The number of benzene rings is 1. The van der Waals surface area contributed by atoms with E-state index in [1.165, 1.54) is 11.1 Å². The first kappa shape index (κ1) is 9.32. The molecule has 1 aromatic rings. The average Bonchev–Trinajstić information content (AvgIpc) is 2.18. The van der Waals surface area contributed by atoms with E-state index in [0.29, 0.717) is 0 Å². The number of nitrogens with one attached hydrogen (secondary N) is 1. The quantitative estimate of drug-likeness (QED) is 0.734. The SMILES string of the molecule is C=CNC(=O)N(C)c1ccccc1. The van der Waals surface area contributed by atoms with Crippen molar-refractivity contribution in [2.24, 2.45) is 0 Å². The van der Waals surface area contributed by atoms with Crippen molar-refractivity contribution in [1.29, 1.82) is 0 Å². The van der Waals surface area contributed by atoms with Gasteiger partial charge in [0.15, 0.2) is 0 Å². The van der Waals surface area contributed by atoms with Gasteiger partial charge in [-0.2, -0.15) is 0 Å². The van der Waals surface area contributed by atoms with Crippen LogP contribution in [-0.2, 0) is 0 Å². The van der Waals surface area contributed by atoms with Crippen molar-refractivity contribution in [2.45, 2.75) is 0 Å². The van der Waals surface area contributed by atoms with E-state index >= 15 is 0 Å². The van der Waals surface area contributed by atoms with Crippen molar-refractivity contribution in [3.63, 3.8) is 0 Å². The third-order valence-electron chi connectivity index (χ3n) is 1.67. The van der Waals surface area contributed by atoms with Gasteiger partial charge in [-0.1, -0.05) is 24.8 Å². The molecule has 1 rings (SSSR count). The number of para-hydroxylation sites is 1. The normalized spacial score (nSPS) is 9.00. The van der Waals surface area contributed by atoms with Crippen LogP contribution >= 0.6 is 0 Å². The van der Waals surface area contributed by atoms with Crippen molar-refractivity contribution in [3.05, 3.63) is 43.1 Å². The number of rotatable bonds is 2. The second kappa shape index (κ2) is 4.30. The molecule has 0 fully saturated rings. The molecule has 3 nitrogen and oxygen atoms in total. The highest BCUT2D eigenvalue weighted by atomic mass is 16.2. The number of anilines is 1. The van der Waals surface area contributed by atoms with E-state index in [2.05, 4.69) is 11.9 Å². The maximum atomic E-state index is 11.3. The van der Waals surface area contributed by atoms with Gasteiger partial charge in [0.25, 0.3) is 0 Å². The van der Waals surface area contributed by atoms with Crippen LogP contribution in [0.25, 0.3) is 0 Å². The van der Waals surface area contributed by atoms with Gasteiger partial charge in [0, 0.05) is 12.7 Å². The lowest BCUT2D eigenvalue weighted by Gasteiger charge is -2.16. The Labute approximate surface area is 77.7 Å². The van der Waals surface area contributed by atoms with E-state index in [1.54, 1.807) is 7.05 Å². The van der Waals surface area contributed by atoms with Gasteiger partial charge in [0.2, 0.25) is 0 Å². The summed E-state index contributed by atoms with van der Waals surface area (Å²) in [7, 11) is 1.70. The number of amides is 2. The van der Waals surface area contributed by atoms with Crippen LogP contribution in [0.3, 0.4) is 0 Å². The summed E-state index contributed by atoms with van der Waals surface area (Å²) in [6.07, 6.45) is 1.36. The van der Waals surface area contributed by atoms with Gasteiger partial charge < -0.3 is 5.32 Å². The molecule has 2 amide bonds. The monoisotopic (exact) mass is 176 g/mol. The second-order valence-electron chi connectivity index (χ2n) is 2.55. The average molecular weight is 176 g/mol. The molecule has 0 saturated heterocycles. The molecule has 68 valence electrons. The van der Waals surface area contributed by atoms with Gasteiger partial charge in [-0.05, 0) is 18.3 Å². The minimum absolute atomic E-state index is 0.193. The number of urea groups is 1. The van der Waals surface area contributed by atoms with E-state index in [9.17, 15) is 4.79 Å². The van der Waals surface area contributed by atoms with Crippen LogP contribution in [-0.4, -0.2) is 13.1 Å². The maximum Gasteiger partial charge on any atom is 0.325 e. The molecule has 0 aromatic heterocycles. The summed E-state index contributed by atoms with van der Waals surface area (Å²) in [6.45, 7) is 3.42. The van der Waals surface area contributed by atoms with Crippen LogP contribution < -0.4 is 10.2 Å². The fourth-order valence-electron chi connectivity index (χ4n) is 0.953. The second-order valence-corrected chi connectivity index (χ2v) is 2.55. The molecule has 0 heterocycles. The Bertz CT molecular complexity index is 295. The largest absolute Gasteiger partial charge is 0.325 e.